The van der Waals surface area contributed by atoms with Crippen molar-refractivity contribution in [1.82, 2.24) is 15.0 Å². The minimum atomic E-state index is -0.277. The lowest BCUT2D eigenvalue weighted by Crippen LogP contribution is -2.32. The van der Waals surface area contributed by atoms with Crippen LogP contribution in [0.15, 0.2) is 69.8 Å². The number of hydrogen-bond acceptors (Lipinski definition) is 5. The lowest BCUT2D eigenvalue weighted by atomic mass is 9.88. The summed E-state index contributed by atoms with van der Waals surface area (Å²) in [7, 11) is 0. The van der Waals surface area contributed by atoms with E-state index in [0.717, 1.165) is 49.9 Å². The number of rotatable bonds is 2. The molecule has 5 nitrogen and oxygen atoms in total. The van der Waals surface area contributed by atoms with Crippen molar-refractivity contribution in [2.75, 3.05) is 0 Å². The first kappa shape index (κ1) is 19.6. The monoisotopic (exact) mass is 485 g/mol. The number of nitrogens with zero attached hydrogens (tertiary/aromatic N) is 3. The van der Waals surface area contributed by atoms with E-state index in [9.17, 15) is 0 Å². The fraction of sp³-hybridized carbons (Fsp3) is 0.192. The van der Waals surface area contributed by atoms with Gasteiger partial charge in [-0.15, -0.1) is 0 Å². The maximum absolute atomic E-state index is 6.38. The van der Waals surface area contributed by atoms with E-state index in [1.54, 1.807) is 6.33 Å². The van der Waals surface area contributed by atoms with Crippen LogP contribution in [0.2, 0.25) is 0 Å². The number of hydrogen-bond donors (Lipinski definition) is 0. The normalized spacial score (nSPS) is 15.2. The van der Waals surface area contributed by atoms with Crippen molar-refractivity contribution in [3.05, 3.63) is 76.5 Å². The maximum Gasteiger partial charge on any atom is 0.229 e. The van der Waals surface area contributed by atoms with E-state index in [1.165, 1.54) is 5.56 Å². The molecule has 0 fully saturated rings. The molecule has 1 aliphatic rings. The Morgan fingerprint density at radius 1 is 0.875 bits per heavy atom. The van der Waals surface area contributed by atoms with Crippen LogP contribution >= 0.6 is 15.9 Å². The molecule has 0 saturated carbocycles. The van der Waals surface area contributed by atoms with Gasteiger partial charge in [0.1, 0.15) is 17.5 Å². The predicted molar refractivity (Wildman–Crippen MR) is 128 cm³/mol. The number of aromatic nitrogens is 3. The van der Waals surface area contributed by atoms with Crippen molar-refractivity contribution in [1.29, 1.82) is 0 Å². The van der Waals surface area contributed by atoms with Crippen molar-refractivity contribution in [3.8, 4) is 22.5 Å². The van der Waals surface area contributed by atoms with Gasteiger partial charge in [-0.2, -0.15) is 0 Å². The van der Waals surface area contributed by atoms with Gasteiger partial charge in [0.2, 0.25) is 5.71 Å². The first-order valence-corrected chi connectivity index (χ1v) is 11.3. The number of halogens is 1. The molecule has 0 saturated heterocycles. The van der Waals surface area contributed by atoms with Crippen molar-refractivity contribution >= 4 is 38.1 Å². The lowest BCUT2D eigenvalue weighted by molar-refractivity contribution is -0.0395. The van der Waals surface area contributed by atoms with E-state index in [1.807, 2.05) is 42.5 Å². The summed E-state index contributed by atoms with van der Waals surface area (Å²) in [6, 6.07) is 18.2. The Balaban J connectivity index is 1.69. The maximum atomic E-state index is 6.38. The van der Waals surface area contributed by atoms with Gasteiger partial charge in [-0.05, 0) is 31.5 Å². The number of ether oxygens (including phenoxy) is 1. The Morgan fingerprint density at radius 2 is 1.62 bits per heavy atom. The van der Waals surface area contributed by atoms with Crippen LogP contribution < -0.4 is 0 Å². The lowest BCUT2D eigenvalue weighted by Gasteiger charge is -2.33. The van der Waals surface area contributed by atoms with Crippen molar-refractivity contribution in [3.63, 3.8) is 0 Å². The molecule has 0 bridgehead atoms. The molecule has 6 rings (SSSR count). The summed E-state index contributed by atoms with van der Waals surface area (Å²) >= 11 is 3.50. The molecule has 2 aromatic carbocycles. The summed E-state index contributed by atoms with van der Waals surface area (Å²) in [5, 5.41) is 0.965. The highest BCUT2D eigenvalue weighted by Gasteiger charge is 2.32. The summed E-state index contributed by atoms with van der Waals surface area (Å²) in [5.41, 5.74) is 7.77. The quantitative estimate of drug-likeness (QED) is 0.277. The van der Waals surface area contributed by atoms with Crippen molar-refractivity contribution < 1.29 is 9.15 Å². The molecule has 0 aliphatic carbocycles. The van der Waals surface area contributed by atoms with Crippen LogP contribution in [-0.2, 0) is 17.8 Å². The van der Waals surface area contributed by atoms with Crippen LogP contribution in [0.25, 0.3) is 44.7 Å². The van der Waals surface area contributed by atoms with Gasteiger partial charge in [0.15, 0.2) is 5.58 Å². The molecule has 0 unspecified atom stereocenters. The third kappa shape index (κ3) is 3.14. The van der Waals surface area contributed by atoms with E-state index in [4.69, 9.17) is 14.1 Å². The first-order chi connectivity index (χ1) is 15.5. The molecule has 3 aromatic heterocycles. The number of benzene rings is 2. The van der Waals surface area contributed by atoms with Crippen LogP contribution in [-0.4, -0.2) is 20.6 Å². The number of fused-ring (bicyclic) bond motifs is 5. The zero-order chi connectivity index (χ0) is 21.9. The van der Waals surface area contributed by atoms with Gasteiger partial charge in [-0.1, -0.05) is 58.4 Å². The second kappa shape index (κ2) is 7.22. The Morgan fingerprint density at radius 3 is 2.41 bits per heavy atom. The molecule has 0 amide bonds. The summed E-state index contributed by atoms with van der Waals surface area (Å²) in [6.45, 7) is 4.75. The highest BCUT2D eigenvalue weighted by Crippen LogP contribution is 2.42. The summed E-state index contributed by atoms with van der Waals surface area (Å²) in [5.74, 6) is 0. The summed E-state index contributed by atoms with van der Waals surface area (Å²) in [6.07, 6.45) is 2.37. The Bertz CT molecular complexity index is 1470. The number of furan rings is 1. The molecular formula is C26H20BrN3O2. The number of pyridine rings is 1. The van der Waals surface area contributed by atoms with Gasteiger partial charge >= 0.3 is 0 Å². The highest BCUT2D eigenvalue weighted by molar-refractivity contribution is 9.10. The third-order valence-corrected chi connectivity index (χ3v) is 6.52. The Labute approximate surface area is 193 Å². The average Bonchev–Trinajstić information content (AvgIpc) is 3.18. The predicted octanol–water partition coefficient (Wildman–Crippen LogP) is 6.72. The van der Waals surface area contributed by atoms with Gasteiger partial charge in [0.25, 0.3) is 0 Å². The van der Waals surface area contributed by atoms with Gasteiger partial charge in [-0.25, -0.2) is 15.0 Å². The van der Waals surface area contributed by atoms with E-state index in [0.29, 0.717) is 17.9 Å². The minimum absolute atomic E-state index is 0.277. The third-order valence-electron chi connectivity index (χ3n) is 5.99. The summed E-state index contributed by atoms with van der Waals surface area (Å²) in [4.78, 5) is 14.2. The second-order valence-corrected chi connectivity index (χ2v) is 9.61. The fourth-order valence-electron chi connectivity index (χ4n) is 4.45. The fourth-order valence-corrected chi connectivity index (χ4v) is 4.72. The van der Waals surface area contributed by atoms with E-state index in [-0.39, 0.29) is 5.60 Å². The molecule has 4 heterocycles. The van der Waals surface area contributed by atoms with E-state index >= 15 is 0 Å². The van der Waals surface area contributed by atoms with Crippen LogP contribution in [0.4, 0.5) is 0 Å². The molecule has 32 heavy (non-hydrogen) atoms. The van der Waals surface area contributed by atoms with Crippen LogP contribution in [0, 0.1) is 0 Å². The van der Waals surface area contributed by atoms with Crippen molar-refractivity contribution in [2.24, 2.45) is 0 Å². The Kier molecular flexibility index (Phi) is 4.42. The van der Waals surface area contributed by atoms with E-state index in [2.05, 4.69) is 51.9 Å². The van der Waals surface area contributed by atoms with Gasteiger partial charge in [0.05, 0.1) is 23.3 Å². The van der Waals surface area contributed by atoms with E-state index < -0.39 is 0 Å². The molecule has 0 atom stereocenters. The second-order valence-electron chi connectivity index (χ2n) is 8.70. The van der Waals surface area contributed by atoms with Crippen molar-refractivity contribution in [2.45, 2.75) is 32.5 Å². The summed E-state index contributed by atoms with van der Waals surface area (Å²) < 4.78 is 13.6. The SMILES string of the molecule is CC1(C)Cc2c(c(-c3ccccc3)nc3oc4c(-c5ccc(Br)cc5)ncnc4c23)CO1. The van der Waals surface area contributed by atoms with Crippen LogP contribution in [0.3, 0.4) is 0 Å². The highest BCUT2D eigenvalue weighted by atomic mass is 79.9. The van der Waals surface area contributed by atoms with Gasteiger partial charge in [0, 0.05) is 27.6 Å². The molecule has 0 spiro atoms. The molecule has 5 aromatic rings. The zero-order valence-corrected chi connectivity index (χ0v) is 19.3. The standard InChI is InChI=1S/C26H20BrN3O2/c1-26(2)12-18-19(13-31-26)21(15-6-4-3-5-7-15)30-25-20(18)23-24(32-25)22(28-14-29-23)16-8-10-17(27)11-9-16/h3-11,14H,12-13H2,1-2H3. The smallest absolute Gasteiger partial charge is 0.229 e. The first-order valence-electron chi connectivity index (χ1n) is 10.5. The molecule has 0 N–H and O–H groups in total. The average molecular weight is 486 g/mol. The minimum Gasteiger partial charge on any atom is -0.434 e. The van der Waals surface area contributed by atoms with Gasteiger partial charge < -0.3 is 9.15 Å². The van der Waals surface area contributed by atoms with Crippen LogP contribution in [0.1, 0.15) is 25.0 Å². The topological polar surface area (TPSA) is 61.0 Å². The van der Waals surface area contributed by atoms with Gasteiger partial charge in [-0.3, -0.25) is 0 Å². The van der Waals surface area contributed by atoms with Crippen LogP contribution in [0.5, 0.6) is 0 Å². The Hall–Kier alpha value is -3.09. The molecule has 158 valence electrons. The largest absolute Gasteiger partial charge is 0.434 e. The molecule has 1 aliphatic heterocycles. The molecular weight excluding hydrogens is 466 g/mol. The molecule has 0 radical (unpaired) electrons. The zero-order valence-electron chi connectivity index (χ0n) is 17.7. The molecule has 6 heteroatoms.